The third-order valence-electron chi connectivity index (χ3n) is 2.98. The summed E-state index contributed by atoms with van der Waals surface area (Å²) >= 11 is 7.99. The molecule has 0 aliphatic carbocycles. The molecule has 0 aliphatic heterocycles. The van der Waals surface area contributed by atoms with Crippen LogP contribution in [0.1, 0.15) is 18.9 Å². The lowest BCUT2D eigenvalue weighted by Crippen LogP contribution is -2.21. The second-order valence-corrected chi connectivity index (χ2v) is 6.06. The van der Waals surface area contributed by atoms with Crippen LogP contribution in [0.3, 0.4) is 0 Å². The molecule has 5 heteroatoms. The normalized spacial score (nSPS) is 12.6. The second kappa shape index (κ2) is 6.46. The molecule has 1 aromatic carbocycles. The van der Waals surface area contributed by atoms with Crippen LogP contribution in [0.5, 0.6) is 0 Å². The number of halogens is 1. The van der Waals surface area contributed by atoms with E-state index >= 15 is 0 Å². The van der Waals surface area contributed by atoms with Gasteiger partial charge in [0.25, 0.3) is 0 Å². The smallest absolute Gasteiger partial charge is 0.0629 e. The molecule has 0 fully saturated rings. The van der Waals surface area contributed by atoms with Gasteiger partial charge in [-0.25, -0.2) is 0 Å². The van der Waals surface area contributed by atoms with E-state index in [2.05, 4.69) is 18.1 Å². The lowest BCUT2D eigenvalue weighted by molar-refractivity contribution is 0.641. The van der Waals surface area contributed by atoms with Crippen LogP contribution >= 0.6 is 23.4 Å². The fourth-order valence-corrected chi connectivity index (χ4v) is 3.15. The molecule has 0 aliphatic rings. The minimum atomic E-state index is 0.146. The lowest BCUT2D eigenvalue weighted by atomic mass is 10.0. The molecule has 2 rings (SSSR count). The summed E-state index contributed by atoms with van der Waals surface area (Å²) in [4.78, 5) is 2.26. The summed E-state index contributed by atoms with van der Waals surface area (Å²) in [5, 5.41) is 4.97. The largest absolute Gasteiger partial charge is 0.327 e. The summed E-state index contributed by atoms with van der Waals surface area (Å²) in [5.41, 5.74) is 7.19. The van der Waals surface area contributed by atoms with Crippen LogP contribution in [0.25, 0.3) is 0 Å². The van der Waals surface area contributed by atoms with Gasteiger partial charge in [-0.1, -0.05) is 36.4 Å². The van der Waals surface area contributed by atoms with Gasteiger partial charge in [0.05, 0.1) is 11.1 Å². The zero-order valence-corrected chi connectivity index (χ0v) is 12.7. The molecule has 19 heavy (non-hydrogen) atoms. The third kappa shape index (κ3) is 3.75. The lowest BCUT2D eigenvalue weighted by Gasteiger charge is -2.14. The fraction of sp³-hybridized carbons (Fsp3) is 0.357. The van der Waals surface area contributed by atoms with Crippen LogP contribution in [0.4, 0.5) is 0 Å². The van der Waals surface area contributed by atoms with Crippen LogP contribution in [0, 0.1) is 0 Å². The van der Waals surface area contributed by atoms with Crippen molar-refractivity contribution < 1.29 is 0 Å². The highest BCUT2D eigenvalue weighted by molar-refractivity contribution is 7.99. The Morgan fingerprint density at radius 1 is 1.47 bits per heavy atom. The average molecular weight is 296 g/mol. The maximum Gasteiger partial charge on any atom is 0.0629 e. The predicted molar refractivity (Wildman–Crippen MR) is 80.8 cm³/mol. The molecule has 1 aromatic heterocycles. The predicted octanol–water partition coefficient (Wildman–Crippen LogP) is 3.50. The van der Waals surface area contributed by atoms with Gasteiger partial charge in [-0.2, -0.15) is 5.10 Å². The number of hydrogen-bond acceptors (Lipinski definition) is 3. The molecule has 102 valence electrons. The Hall–Kier alpha value is -0.970. The Labute approximate surface area is 123 Å². The molecule has 0 amide bonds. The first kappa shape index (κ1) is 14.4. The molecule has 1 unspecified atom stereocenters. The monoisotopic (exact) mass is 295 g/mol. The second-order valence-electron chi connectivity index (χ2n) is 4.54. The highest BCUT2D eigenvalue weighted by atomic mass is 35.5. The summed E-state index contributed by atoms with van der Waals surface area (Å²) < 4.78 is 1.80. The summed E-state index contributed by atoms with van der Waals surface area (Å²) in [7, 11) is 1.91. The number of nitrogens with two attached hydrogens (primary N) is 1. The van der Waals surface area contributed by atoms with E-state index in [9.17, 15) is 0 Å². The first-order valence-corrected chi connectivity index (χ1v) is 7.49. The number of aromatic nitrogens is 2. The van der Waals surface area contributed by atoms with E-state index in [1.165, 1.54) is 0 Å². The third-order valence-corrected chi connectivity index (χ3v) is 4.38. The van der Waals surface area contributed by atoms with E-state index < -0.39 is 0 Å². The number of aryl methyl sites for hydroxylation is 1. The molecule has 3 nitrogen and oxygen atoms in total. The van der Waals surface area contributed by atoms with Crippen LogP contribution in [-0.4, -0.2) is 15.8 Å². The number of nitrogens with zero attached hydrogens (tertiary/aromatic N) is 2. The SMILES string of the molecule is CCC(N)Cc1c(Cl)cccc1Sc1cnn(C)c1. The molecular formula is C14H18ClN3S. The van der Waals surface area contributed by atoms with Crippen molar-refractivity contribution in [2.24, 2.45) is 12.8 Å². The first-order chi connectivity index (χ1) is 9.10. The summed E-state index contributed by atoms with van der Waals surface area (Å²) in [5.74, 6) is 0. The van der Waals surface area contributed by atoms with E-state index in [1.807, 2.05) is 31.6 Å². The van der Waals surface area contributed by atoms with Crippen molar-refractivity contribution in [1.29, 1.82) is 0 Å². The van der Waals surface area contributed by atoms with E-state index in [1.54, 1.807) is 16.4 Å². The maximum absolute atomic E-state index is 6.31. The highest BCUT2D eigenvalue weighted by Gasteiger charge is 2.12. The van der Waals surface area contributed by atoms with Crippen LogP contribution in [0.15, 0.2) is 40.4 Å². The molecule has 1 heterocycles. The molecule has 2 aromatic rings. The number of hydrogen-bond donors (Lipinski definition) is 1. The topological polar surface area (TPSA) is 43.8 Å². The van der Waals surface area contributed by atoms with Crippen molar-refractivity contribution in [3.8, 4) is 0 Å². The van der Waals surface area contributed by atoms with Gasteiger partial charge < -0.3 is 5.73 Å². The number of rotatable bonds is 5. The molecule has 0 bridgehead atoms. The minimum absolute atomic E-state index is 0.146. The van der Waals surface area contributed by atoms with Gasteiger partial charge in [0.2, 0.25) is 0 Å². The molecule has 0 radical (unpaired) electrons. The Morgan fingerprint density at radius 2 is 2.26 bits per heavy atom. The standard InChI is InChI=1S/C14H18ClN3S/c1-3-10(16)7-12-13(15)5-4-6-14(12)19-11-8-17-18(2)9-11/h4-6,8-10H,3,7,16H2,1-2H3. The van der Waals surface area contributed by atoms with Gasteiger partial charge >= 0.3 is 0 Å². The van der Waals surface area contributed by atoms with Gasteiger partial charge in [-0.3, -0.25) is 4.68 Å². The zero-order chi connectivity index (χ0) is 13.8. The maximum atomic E-state index is 6.31. The van der Waals surface area contributed by atoms with Crippen molar-refractivity contribution in [3.05, 3.63) is 41.2 Å². The highest BCUT2D eigenvalue weighted by Crippen LogP contribution is 2.34. The summed E-state index contributed by atoms with van der Waals surface area (Å²) in [6.07, 6.45) is 5.60. The van der Waals surface area contributed by atoms with Gasteiger partial charge in [0.15, 0.2) is 0 Å². The van der Waals surface area contributed by atoms with Crippen molar-refractivity contribution in [2.75, 3.05) is 0 Å². The molecule has 2 N–H and O–H groups in total. The molecular weight excluding hydrogens is 278 g/mol. The van der Waals surface area contributed by atoms with E-state index in [0.29, 0.717) is 0 Å². The summed E-state index contributed by atoms with van der Waals surface area (Å²) in [6.45, 7) is 2.09. The Morgan fingerprint density at radius 3 is 2.89 bits per heavy atom. The summed E-state index contributed by atoms with van der Waals surface area (Å²) in [6, 6.07) is 6.13. The Kier molecular flexibility index (Phi) is 4.91. The Bertz CT molecular complexity index is 553. The first-order valence-electron chi connectivity index (χ1n) is 6.29. The van der Waals surface area contributed by atoms with Crippen molar-refractivity contribution in [1.82, 2.24) is 9.78 Å². The van der Waals surface area contributed by atoms with Crippen molar-refractivity contribution in [2.45, 2.75) is 35.6 Å². The van der Waals surface area contributed by atoms with Gasteiger partial charge in [-0.15, -0.1) is 0 Å². The van der Waals surface area contributed by atoms with Crippen molar-refractivity contribution in [3.63, 3.8) is 0 Å². The van der Waals surface area contributed by atoms with E-state index in [-0.39, 0.29) is 6.04 Å². The average Bonchev–Trinajstić information content (AvgIpc) is 2.79. The van der Waals surface area contributed by atoms with Crippen molar-refractivity contribution >= 4 is 23.4 Å². The van der Waals surface area contributed by atoms with Gasteiger partial charge in [0.1, 0.15) is 0 Å². The molecule has 0 saturated heterocycles. The number of benzene rings is 1. The quantitative estimate of drug-likeness (QED) is 0.918. The molecule has 0 saturated carbocycles. The van der Waals surface area contributed by atoms with E-state index in [4.69, 9.17) is 17.3 Å². The van der Waals surface area contributed by atoms with Crippen LogP contribution < -0.4 is 5.73 Å². The van der Waals surface area contributed by atoms with E-state index in [0.717, 1.165) is 33.2 Å². The fourth-order valence-electron chi connectivity index (χ4n) is 1.82. The minimum Gasteiger partial charge on any atom is -0.327 e. The van der Waals surface area contributed by atoms with Gasteiger partial charge in [0, 0.05) is 29.2 Å². The van der Waals surface area contributed by atoms with Gasteiger partial charge in [-0.05, 0) is 30.5 Å². The Balaban J connectivity index is 2.26. The zero-order valence-electron chi connectivity index (χ0n) is 11.1. The molecule has 1 atom stereocenters. The van der Waals surface area contributed by atoms with Crippen LogP contribution in [-0.2, 0) is 13.5 Å². The van der Waals surface area contributed by atoms with Crippen LogP contribution in [0.2, 0.25) is 5.02 Å². The molecule has 0 spiro atoms.